The van der Waals surface area contributed by atoms with Gasteiger partial charge in [-0.3, -0.25) is 0 Å². The van der Waals surface area contributed by atoms with Gasteiger partial charge in [-0.2, -0.15) is 0 Å². The average Bonchev–Trinajstić information content (AvgIpc) is 2.41. The van der Waals surface area contributed by atoms with Crippen molar-refractivity contribution in [1.29, 1.82) is 0 Å². The molecule has 0 amide bonds. The first kappa shape index (κ1) is 8.87. The third-order valence-corrected chi connectivity index (χ3v) is 2.25. The molecule has 1 heterocycles. The van der Waals surface area contributed by atoms with Crippen LogP contribution in [-0.4, -0.2) is 24.2 Å². The van der Waals surface area contributed by atoms with Gasteiger partial charge in [-0.15, -0.1) is 0 Å². The van der Waals surface area contributed by atoms with E-state index in [2.05, 4.69) is 10.6 Å². The number of anilines is 2. The summed E-state index contributed by atoms with van der Waals surface area (Å²) in [5.41, 5.74) is 2.18. The Morgan fingerprint density at radius 2 is 1.93 bits per heavy atom. The highest BCUT2D eigenvalue weighted by Crippen LogP contribution is 2.24. The molecule has 0 bridgehead atoms. The highest BCUT2D eigenvalue weighted by Gasteiger charge is 2.09. The summed E-state index contributed by atoms with van der Waals surface area (Å²) >= 11 is 0. The molecular weight excluding hydrogens is 180 g/mol. The van der Waals surface area contributed by atoms with Gasteiger partial charge >= 0.3 is 5.97 Å². The molecule has 4 nitrogen and oxygen atoms in total. The van der Waals surface area contributed by atoms with E-state index in [1.54, 1.807) is 18.2 Å². The number of rotatable bonds is 1. The number of carbonyl (C=O) groups is 1. The van der Waals surface area contributed by atoms with E-state index in [9.17, 15) is 4.79 Å². The maximum Gasteiger partial charge on any atom is 0.335 e. The van der Waals surface area contributed by atoms with Gasteiger partial charge in [0.05, 0.1) is 16.9 Å². The van der Waals surface area contributed by atoms with Gasteiger partial charge < -0.3 is 15.7 Å². The van der Waals surface area contributed by atoms with E-state index < -0.39 is 5.97 Å². The van der Waals surface area contributed by atoms with E-state index >= 15 is 0 Å². The molecule has 0 aromatic heterocycles. The normalized spacial score (nSPS) is 14.6. The zero-order chi connectivity index (χ0) is 9.97. The molecule has 3 N–H and O–H groups in total. The second-order valence-electron chi connectivity index (χ2n) is 3.27. The van der Waals surface area contributed by atoms with Crippen molar-refractivity contribution in [3.8, 4) is 0 Å². The Balaban J connectivity index is 2.37. The molecule has 0 radical (unpaired) electrons. The topological polar surface area (TPSA) is 61.4 Å². The summed E-state index contributed by atoms with van der Waals surface area (Å²) in [5, 5.41) is 15.2. The third kappa shape index (κ3) is 1.64. The first-order chi connectivity index (χ1) is 6.77. The monoisotopic (exact) mass is 192 g/mol. The van der Waals surface area contributed by atoms with Crippen molar-refractivity contribution in [2.24, 2.45) is 0 Å². The summed E-state index contributed by atoms with van der Waals surface area (Å²) in [4.78, 5) is 10.7. The fraction of sp³-hybridized carbons (Fsp3) is 0.300. The molecule has 0 fully saturated rings. The Bertz CT molecular complexity index is 363. The standard InChI is InChI=1S/C10H12N2O2/c13-10(14)7-2-3-8-9(6-7)12-5-1-4-11-8/h2-3,6,11-12H,1,4-5H2,(H,13,14). The van der Waals surface area contributed by atoms with Crippen LogP contribution < -0.4 is 10.6 Å². The minimum Gasteiger partial charge on any atom is -0.478 e. The van der Waals surface area contributed by atoms with Crippen molar-refractivity contribution >= 4 is 17.3 Å². The SMILES string of the molecule is O=C(O)c1ccc2c(c1)NCCCN2. The number of hydrogen-bond acceptors (Lipinski definition) is 3. The number of aromatic carboxylic acids is 1. The molecule has 1 aliphatic heterocycles. The van der Waals surface area contributed by atoms with Crippen LogP contribution >= 0.6 is 0 Å². The highest BCUT2D eigenvalue weighted by atomic mass is 16.4. The van der Waals surface area contributed by atoms with Gasteiger partial charge in [0.15, 0.2) is 0 Å². The molecule has 1 aliphatic rings. The first-order valence-electron chi connectivity index (χ1n) is 4.62. The van der Waals surface area contributed by atoms with Crippen molar-refractivity contribution in [1.82, 2.24) is 0 Å². The van der Waals surface area contributed by atoms with Gasteiger partial charge in [0.25, 0.3) is 0 Å². The lowest BCUT2D eigenvalue weighted by atomic mass is 10.1. The first-order valence-corrected chi connectivity index (χ1v) is 4.62. The summed E-state index contributed by atoms with van der Waals surface area (Å²) in [6, 6.07) is 5.08. The fourth-order valence-electron chi connectivity index (χ4n) is 1.51. The van der Waals surface area contributed by atoms with Gasteiger partial charge in [-0.05, 0) is 24.6 Å². The van der Waals surface area contributed by atoms with Crippen LogP contribution in [-0.2, 0) is 0 Å². The Kier molecular flexibility index (Phi) is 2.26. The lowest BCUT2D eigenvalue weighted by molar-refractivity contribution is 0.0697. The van der Waals surface area contributed by atoms with Crippen LogP contribution in [0.4, 0.5) is 11.4 Å². The molecule has 0 atom stereocenters. The molecule has 0 unspecified atom stereocenters. The predicted molar refractivity (Wildman–Crippen MR) is 55.0 cm³/mol. The summed E-state index contributed by atoms with van der Waals surface area (Å²) in [6.45, 7) is 1.80. The Hall–Kier alpha value is -1.71. The number of hydrogen-bond donors (Lipinski definition) is 3. The van der Waals surface area contributed by atoms with Crippen LogP contribution in [0.2, 0.25) is 0 Å². The lowest BCUT2D eigenvalue weighted by Crippen LogP contribution is -2.01. The number of carboxylic acid groups (broad SMARTS) is 1. The maximum absolute atomic E-state index is 10.7. The Morgan fingerprint density at radius 3 is 2.64 bits per heavy atom. The predicted octanol–water partition coefficient (Wildman–Crippen LogP) is 1.61. The molecule has 0 saturated carbocycles. The van der Waals surface area contributed by atoms with Crippen LogP contribution in [0.1, 0.15) is 16.8 Å². The lowest BCUT2D eigenvalue weighted by Gasteiger charge is -2.08. The molecule has 0 spiro atoms. The van der Waals surface area contributed by atoms with E-state index in [0.717, 1.165) is 30.9 Å². The van der Waals surface area contributed by atoms with E-state index in [-0.39, 0.29) is 0 Å². The molecule has 1 aromatic carbocycles. The zero-order valence-electron chi connectivity index (χ0n) is 7.71. The van der Waals surface area contributed by atoms with E-state index in [0.29, 0.717) is 5.56 Å². The van der Waals surface area contributed by atoms with Crippen molar-refractivity contribution in [3.63, 3.8) is 0 Å². The highest BCUT2D eigenvalue weighted by molar-refractivity contribution is 5.90. The van der Waals surface area contributed by atoms with Gasteiger partial charge in [-0.25, -0.2) is 4.79 Å². The maximum atomic E-state index is 10.7. The van der Waals surface area contributed by atoms with Crippen molar-refractivity contribution < 1.29 is 9.90 Å². The zero-order valence-corrected chi connectivity index (χ0v) is 7.71. The Morgan fingerprint density at radius 1 is 1.21 bits per heavy atom. The van der Waals surface area contributed by atoms with E-state index in [4.69, 9.17) is 5.11 Å². The number of fused-ring (bicyclic) bond motifs is 1. The van der Waals surface area contributed by atoms with Crippen molar-refractivity contribution in [3.05, 3.63) is 23.8 Å². The number of benzene rings is 1. The minimum atomic E-state index is -0.890. The summed E-state index contributed by atoms with van der Waals surface area (Å²) in [7, 11) is 0. The van der Waals surface area contributed by atoms with Crippen molar-refractivity contribution in [2.75, 3.05) is 23.7 Å². The van der Waals surface area contributed by atoms with Crippen LogP contribution in [0.5, 0.6) is 0 Å². The van der Waals surface area contributed by atoms with Gasteiger partial charge in [0.1, 0.15) is 0 Å². The minimum absolute atomic E-state index is 0.319. The van der Waals surface area contributed by atoms with Gasteiger partial charge in [0, 0.05) is 13.1 Å². The van der Waals surface area contributed by atoms with E-state index in [1.165, 1.54) is 0 Å². The van der Waals surface area contributed by atoms with Gasteiger partial charge in [-0.1, -0.05) is 0 Å². The number of nitrogens with one attached hydrogen (secondary N) is 2. The summed E-state index contributed by atoms with van der Waals surface area (Å²) in [5.74, 6) is -0.890. The van der Waals surface area contributed by atoms with Crippen LogP contribution in [0.15, 0.2) is 18.2 Å². The fourth-order valence-corrected chi connectivity index (χ4v) is 1.51. The van der Waals surface area contributed by atoms with Crippen LogP contribution in [0.3, 0.4) is 0 Å². The number of carboxylic acids is 1. The smallest absolute Gasteiger partial charge is 0.335 e. The molecule has 2 rings (SSSR count). The summed E-state index contributed by atoms with van der Waals surface area (Å²) < 4.78 is 0. The molecule has 14 heavy (non-hydrogen) atoms. The summed E-state index contributed by atoms with van der Waals surface area (Å²) in [6.07, 6.45) is 1.04. The Labute approximate surface area is 81.9 Å². The molecular formula is C10H12N2O2. The van der Waals surface area contributed by atoms with Crippen LogP contribution in [0, 0.1) is 0 Å². The second kappa shape index (κ2) is 3.57. The molecule has 0 saturated heterocycles. The van der Waals surface area contributed by atoms with Crippen molar-refractivity contribution in [2.45, 2.75) is 6.42 Å². The van der Waals surface area contributed by atoms with Crippen LogP contribution in [0.25, 0.3) is 0 Å². The molecule has 1 aromatic rings. The molecule has 4 heteroatoms. The molecule has 0 aliphatic carbocycles. The largest absolute Gasteiger partial charge is 0.478 e. The third-order valence-electron chi connectivity index (χ3n) is 2.25. The average molecular weight is 192 g/mol. The quantitative estimate of drug-likeness (QED) is 0.632. The van der Waals surface area contributed by atoms with Gasteiger partial charge in [0.2, 0.25) is 0 Å². The molecule has 74 valence electrons. The van der Waals surface area contributed by atoms with E-state index in [1.807, 2.05) is 0 Å². The second-order valence-corrected chi connectivity index (χ2v) is 3.27.